The maximum Gasteiger partial charge on any atom is 0.150 e. The first-order chi connectivity index (χ1) is 9.66. The number of fused-ring (bicyclic) bond motifs is 1. The van der Waals surface area contributed by atoms with Crippen LogP contribution in [0.4, 0.5) is 0 Å². The summed E-state index contributed by atoms with van der Waals surface area (Å²) < 4.78 is 2.34. The van der Waals surface area contributed by atoms with E-state index in [0.29, 0.717) is 12.0 Å². The molecule has 3 heterocycles. The highest BCUT2D eigenvalue weighted by atomic mass is 15.4. The summed E-state index contributed by atoms with van der Waals surface area (Å²) in [5, 5.41) is 12.3. The van der Waals surface area contributed by atoms with Crippen LogP contribution >= 0.6 is 0 Å². The summed E-state index contributed by atoms with van der Waals surface area (Å²) in [7, 11) is 0. The van der Waals surface area contributed by atoms with Crippen LogP contribution in [0.3, 0.4) is 0 Å². The normalized spacial score (nSPS) is 25.1. The first-order valence-electron chi connectivity index (χ1n) is 8.04. The van der Waals surface area contributed by atoms with Gasteiger partial charge in [-0.15, -0.1) is 10.2 Å². The van der Waals surface area contributed by atoms with Crippen LogP contribution in [0, 0.1) is 5.92 Å². The van der Waals surface area contributed by atoms with Crippen LogP contribution in [0.5, 0.6) is 0 Å². The summed E-state index contributed by atoms with van der Waals surface area (Å²) in [6.07, 6.45) is 2.63. The molecule has 112 valence electrons. The van der Waals surface area contributed by atoms with Gasteiger partial charge in [0, 0.05) is 25.6 Å². The molecule has 3 rings (SSSR count). The van der Waals surface area contributed by atoms with Gasteiger partial charge in [-0.25, -0.2) is 0 Å². The monoisotopic (exact) mass is 277 g/mol. The van der Waals surface area contributed by atoms with E-state index in [2.05, 4.69) is 45.8 Å². The predicted molar refractivity (Wildman–Crippen MR) is 79.7 cm³/mol. The summed E-state index contributed by atoms with van der Waals surface area (Å²) in [5.41, 5.74) is 0. The molecule has 0 bridgehead atoms. The first kappa shape index (κ1) is 14.0. The van der Waals surface area contributed by atoms with Crippen molar-refractivity contribution in [2.24, 2.45) is 5.92 Å². The molecule has 0 aliphatic carbocycles. The van der Waals surface area contributed by atoms with Crippen molar-refractivity contribution < 1.29 is 0 Å². The highest BCUT2D eigenvalue weighted by Crippen LogP contribution is 2.28. The standard InChI is InChI=1S/C15H27N5/c1-11(2)14-17-18-15-12(3)19(8-9-20(14)15)10-13-4-6-16-7-5-13/h11-13,16H,4-10H2,1-3H3. The largest absolute Gasteiger partial charge is 0.317 e. The molecule has 0 amide bonds. The zero-order chi connectivity index (χ0) is 14.1. The van der Waals surface area contributed by atoms with Gasteiger partial charge in [0.2, 0.25) is 0 Å². The Kier molecular flexibility index (Phi) is 4.08. The Bertz CT molecular complexity index is 447. The van der Waals surface area contributed by atoms with Crippen molar-refractivity contribution in [3.05, 3.63) is 11.6 Å². The quantitative estimate of drug-likeness (QED) is 0.915. The van der Waals surface area contributed by atoms with Crippen LogP contribution in [0.25, 0.3) is 0 Å². The summed E-state index contributed by atoms with van der Waals surface area (Å²) in [6, 6.07) is 0.402. The summed E-state index contributed by atoms with van der Waals surface area (Å²) in [6.45, 7) is 12.4. The molecule has 1 aromatic rings. The highest BCUT2D eigenvalue weighted by Gasteiger charge is 2.30. The smallest absolute Gasteiger partial charge is 0.150 e. The minimum absolute atomic E-state index is 0.402. The fraction of sp³-hybridized carbons (Fsp3) is 0.867. The van der Waals surface area contributed by atoms with Crippen LogP contribution in [-0.4, -0.2) is 45.8 Å². The lowest BCUT2D eigenvalue weighted by atomic mass is 9.96. The Morgan fingerprint density at radius 1 is 1.20 bits per heavy atom. The Morgan fingerprint density at radius 3 is 2.65 bits per heavy atom. The molecule has 2 aliphatic heterocycles. The lowest BCUT2D eigenvalue weighted by Gasteiger charge is -2.37. The van der Waals surface area contributed by atoms with Crippen LogP contribution < -0.4 is 5.32 Å². The third-order valence-electron chi connectivity index (χ3n) is 4.81. The van der Waals surface area contributed by atoms with E-state index in [9.17, 15) is 0 Å². The number of piperidine rings is 1. The van der Waals surface area contributed by atoms with Crippen LogP contribution in [0.1, 0.15) is 57.2 Å². The number of nitrogens with zero attached hydrogens (tertiary/aromatic N) is 4. The Morgan fingerprint density at radius 2 is 1.95 bits per heavy atom. The van der Waals surface area contributed by atoms with Crippen molar-refractivity contribution in [1.29, 1.82) is 0 Å². The van der Waals surface area contributed by atoms with Gasteiger partial charge in [0.05, 0.1) is 6.04 Å². The van der Waals surface area contributed by atoms with Gasteiger partial charge in [0.25, 0.3) is 0 Å². The topological polar surface area (TPSA) is 46.0 Å². The molecule has 1 aromatic heterocycles. The van der Waals surface area contributed by atoms with Crippen molar-refractivity contribution in [2.75, 3.05) is 26.2 Å². The lowest BCUT2D eigenvalue weighted by molar-refractivity contribution is 0.127. The fourth-order valence-corrected chi connectivity index (χ4v) is 3.52. The molecule has 1 N–H and O–H groups in total. The molecule has 0 saturated carbocycles. The molecule has 5 heteroatoms. The number of nitrogens with one attached hydrogen (secondary N) is 1. The minimum Gasteiger partial charge on any atom is -0.317 e. The summed E-state index contributed by atoms with van der Waals surface area (Å²) in [5.74, 6) is 3.61. The molecule has 0 aromatic carbocycles. The van der Waals surface area contributed by atoms with Gasteiger partial charge < -0.3 is 9.88 Å². The lowest BCUT2D eigenvalue weighted by Crippen LogP contribution is -2.42. The van der Waals surface area contributed by atoms with Gasteiger partial charge in [-0.3, -0.25) is 4.90 Å². The Labute approximate surface area is 121 Å². The van der Waals surface area contributed by atoms with E-state index < -0.39 is 0 Å². The van der Waals surface area contributed by atoms with E-state index in [4.69, 9.17) is 0 Å². The number of aromatic nitrogens is 3. The summed E-state index contributed by atoms with van der Waals surface area (Å²) in [4.78, 5) is 2.60. The highest BCUT2D eigenvalue weighted by molar-refractivity contribution is 5.06. The van der Waals surface area contributed by atoms with E-state index in [0.717, 1.165) is 30.7 Å². The molecule has 20 heavy (non-hydrogen) atoms. The van der Waals surface area contributed by atoms with E-state index in [1.807, 2.05) is 0 Å². The molecule has 1 atom stereocenters. The van der Waals surface area contributed by atoms with E-state index in [-0.39, 0.29) is 0 Å². The average molecular weight is 277 g/mol. The van der Waals surface area contributed by atoms with Crippen molar-refractivity contribution in [2.45, 2.75) is 52.1 Å². The number of rotatable bonds is 3. The number of hydrogen-bond acceptors (Lipinski definition) is 4. The predicted octanol–water partition coefficient (Wildman–Crippen LogP) is 1.78. The van der Waals surface area contributed by atoms with Crippen molar-refractivity contribution >= 4 is 0 Å². The summed E-state index contributed by atoms with van der Waals surface area (Å²) >= 11 is 0. The molecule has 0 spiro atoms. The Balaban J connectivity index is 1.70. The van der Waals surface area contributed by atoms with E-state index in [1.54, 1.807) is 0 Å². The maximum absolute atomic E-state index is 4.46. The number of hydrogen-bond donors (Lipinski definition) is 1. The molecule has 5 nitrogen and oxygen atoms in total. The second-order valence-electron chi connectivity index (χ2n) is 6.59. The molecule has 0 radical (unpaired) electrons. The zero-order valence-corrected chi connectivity index (χ0v) is 13.0. The first-order valence-corrected chi connectivity index (χ1v) is 8.04. The minimum atomic E-state index is 0.402. The average Bonchev–Trinajstić information content (AvgIpc) is 2.88. The van der Waals surface area contributed by atoms with Crippen LogP contribution in [-0.2, 0) is 6.54 Å². The molecule has 2 aliphatic rings. The van der Waals surface area contributed by atoms with Gasteiger partial charge in [-0.1, -0.05) is 13.8 Å². The zero-order valence-electron chi connectivity index (χ0n) is 13.0. The van der Waals surface area contributed by atoms with Gasteiger partial charge in [0.15, 0.2) is 0 Å². The molecule has 1 fully saturated rings. The second kappa shape index (κ2) is 5.82. The molecular formula is C15H27N5. The van der Waals surface area contributed by atoms with Crippen molar-refractivity contribution in [3.8, 4) is 0 Å². The van der Waals surface area contributed by atoms with Gasteiger partial charge in [-0.2, -0.15) is 0 Å². The maximum atomic E-state index is 4.46. The van der Waals surface area contributed by atoms with Gasteiger partial charge in [-0.05, 0) is 38.8 Å². The van der Waals surface area contributed by atoms with Gasteiger partial charge >= 0.3 is 0 Å². The third kappa shape index (κ3) is 2.61. The molecule has 1 saturated heterocycles. The van der Waals surface area contributed by atoms with Gasteiger partial charge in [0.1, 0.15) is 11.6 Å². The second-order valence-corrected chi connectivity index (χ2v) is 6.59. The van der Waals surface area contributed by atoms with Crippen molar-refractivity contribution in [1.82, 2.24) is 25.0 Å². The molecule has 1 unspecified atom stereocenters. The van der Waals surface area contributed by atoms with Crippen LogP contribution in [0.2, 0.25) is 0 Å². The molecular weight excluding hydrogens is 250 g/mol. The fourth-order valence-electron chi connectivity index (χ4n) is 3.52. The SMILES string of the molecule is CC(C)c1nnc2n1CCN(CC1CCNCC1)C2C. The van der Waals surface area contributed by atoms with E-state index >= 15 is 0 Å². The van der Waals surface area contributed by atoms with Crippen molar-refractivity contribution in [3.63, 3.8) is 0 Å². The Hall–Kier alpha value is -0.940. The third-order valence-corrected chi connectivity index (χ3v) is 4.81. The van der Waals surface area contributed by atoms with E-state index in [1.165, 1.54) is 32.5 Å². The van der Waals surface area contributed by atoms with Crippen LogP contribution in [0.15, 0.2) is 0 Å².